The molecule has 1 amide bonds. The fraction of sp³-hybridized carbons (Fsp3) is 0.316. The molecule has 0 atom stereocenters. The Bertz CT molecular complexity index is 973. The third-order valence-electron chi connectivity index (χ3n) is 4.76. The molecule has 1 saturated carbocycles. The van der Waals surface area contributed by atoms with Crippen LogP contribution in [-0.2, 0) is 11.8 Å². The largest absolute Gasteiger partial charge is 0.481 e. The number of rotatable bonds is 4. The van der Waals surface area contributed by atoms with Crippen LogP contribution in [0.4, 0.5) is 5.82 Å². The standard InChI is InChI=1S/C19H20N4O2/c1-11-14-10-21-16(22-18(24)12-6-7-12)9-15(14)23(2)17(11)13-5-4-8-20-19(13)25-3/h4-5,8-10,12H,6-7H2,1-3H3,(H,21,22,24). The third-order valence-corrected chi connectivity index (χ3v) is 4.76. The number of amides is 1. The van der Waals surface area contributed by atoms with Crippen LogP contribution in [0, 0.1) is 12.8 Å². The first kappa shape index (κ1) is 15.6. The number of nitrogens with zero attached hydrogens (tertiary/aromatic N) is 3. The predicted octanol–water partition coefficient (Wildman–Crippen LogP) is 3.30. The first-order valence-electron chi connectivity index (χ1n) is 8.35. The van der Waals surface area contributed by atoms with Crippen molar-refractivity contribution in [3.63, 3.8) is 0 Å². The molecule has 25 heavy (non-hydrogen) atoms. The van der Waals surface area contributed by atoms with Gasteiger partial charge >= 0.3 is 0 Å². The summed E-state index contributed by atoms with van der Waals surface area (Å²) in [5.74, 6) is 1.40. The summed E-state index contributed by atoms with van der Waals surface area (Å²) in [5, 5.41) is 3.96. The van der Waals surface area contributed by atoms with Gasteiger partial charge in [-0.1, -0.05) is 0 Å². The molecule has 128 valence electrons. The van der Waals surface area contributed by atoms with Crippen molar-refractivity contribution < 1.29 is 9.53 Å². The first-order chi connectivity index (χ1) is 12.1. The molecular weight excluding hydrogens is 316 g/mol. The van der Waals surface area contributed by atoms with Crippen molar-refractivity contribution in [2.24, 2.45) is 13.0 Å². The number of aromatic nitrogens is 3. The summed E-state index contributed by atoms with van der Waals surface area (Å²) in [6.07, 6.45) is 5.48. The Balaban J connectivity index is 1.82. The minimum absolute atomic E-state index is 0.0620. The second-order valence-corrected chi connectivity index (χ2v) is 6.44. The Labute approximate surface area is 145 Å². The van der Waals surface area contributed by atoms with Crippen molar-refractivity contribution in [1.82, 2.24) is 14.5 Å². The number of nitrogens with one attached hydrogen (secondary N) is 1. The molecule has 6 heteroatoms. The summed E-state index contributed by atoms with van der Waals surface area (Å²) >= 11 is 0. The van der Waals surface area contributed by atoms with Gasteiger partial charge in [0.2, 0.25) is 11.8 Å². The van der Waals surface area contributed by atoms with E-state index in [-0.39, 0.29) is 11.8 Å². The van der Waals surface area contributed by atoms with E-state index >= 15 is 0 Å². The minimum Gasteiger partial charge on any atom is -0.481 e. The van der Waals surface area contributed by atoms with Crippen LogP contribution in [0.2, 0.25) is 0 Å². The molecule has 4 rings (SSSR count). The van der Waals surface area contributed by atoms with Crippen LogP contribution >= 0.6 is 0 Å². The molecule has 1 aliphatic carbocycles. The Morgan fingerprint density at radius 1 is 1.36 bits per heavy atom. The van der Waals surface area contributed by atoms with Crippen LogP contribution < -0.4 is 10.1 Å². The lowest BCUT2D eigenvalue weighted by molar-refractivity contribution is -0.117. The Morgan fingerprint density at radius 2 is 2.16 bits per heavy atom. The molecule has 1 aliphatic rings. The van der Waals surface area contributed by atoms with Crippen molar-refractivity contribution >= 4 is 22.6 Å². The summed E-state index contributed by atoms with van der Waals surface area (Å²) in [6, 6.07) is 5.82. The molecular formula is C19H20N4O2. The lowest BCUT2D eigenvalue weighted by Gasteiger charge is -2.10. The molecule has 0 bridgehead atoms. The Hall–Kier alpha value is -2.89. The molecule has 0 aromatic carbocycles. The van der Waals surface area contributed by atoms with Gasteiger partial charge in [-0.2, -0.15) is 0 Å². The maximum absolute atomic E-state index is 12.0. The van der Waals surface area contributed by atoms with E-state index in [1.54, 1.807) is 13.3 Å². The number of methoxy groups -OCH3 is 1. The van der Waals surface area contributed by atoms with Gasteiger partial charge in [-0.25, -0.2) is 9.97 Å². The van der Waals surface area contributed by atoms with E-state index in [9.17, 15) is 4.79 Å². The van der Waals surface area contributed by atoms with Crippen LogP contribution in [0.5, 0.6) is 5.88 Å². The van der Waals surface area contributed by atoms with E-state index in [0.29, 0.717) is 11.7 Å². The molecule has 3 aromatic heterocycles. The van der Waals surface area contributed by atoms with Crippen LogP contribution in [0.3, 0.4) is 0 Å². The quantitative estimate of drug-likeness (QED) is 0.794. The molecule has 3 aromatic rings. The number of hydrogen-bond donors (Lipinski definition) is 1. The zero-order valence-corrected chi connectivity index (χ0v) is 14.5. The number of anilines is 1. The first-order valence-corrected chi connectivity index (χ1v) is 8.35. The maximum Gasteiger partial charge on any atom is 0.228 e. The summed E-state index contributed by atoms with van der Waals surface area (Å²) in [7, 11) is 3.63. The average Bonchev–Trinajstić information content (AvgIpc) is 3.44. The molecule has 6 nitrogen and oxygen atoms in total. The van der Waals surface area contributed by atoms with Crippen LogP contribution in [0.1, 0.15) is 18.4 Å². The molecule has 1 fully saturated rings. The van der Waals surface area contributed by atoms with Crippen LogP contribution in [0.15, 0.2) is 30.6 Å². The number of hydrogen-bond acceptors (Lipinski definition) is 4. The maximum atomic E-state index is 12.0. The molecule has 0 saturated heterocycles. The third kappa shape index (κ3) is 2.63. The lowest BCUT2D eigenvalue weighted by Crippen LogP contribution is -2.14. The highest BCUT2D eigenvalue weighted by Gasteiger charge is 2.30. The van der Waals surface area contributed by atoms with Crippen molar-refractivity contribution in [2.75, 3.05) is 12.4 Å². The second-order valence-electron chi connectivity index (χ2n) is 6.44. The van der Waals surface area contributed by atoms with E-state index in [4.69, 9.17) is 4.74 Å². The van der Waals surface area contributed by atoms with Gasteiger partial charge in [0.25, 0.3) is 0 Å². The topological polar surface area (TPSA) is 69.0 Å². The molecule has 3 heterocycles. The Kier molecular flexibility index (Phi) is 3.67. The lowest BCUT2D eigenvalue weighted by atomic mass is 10.1. The van der Waals surface area contributed by atoms with Crippen molar-refractivity contribution in [1.29, 1.82) is 0 Å². The molecule has 0 aliphatic heterocycles. The van der Waals surface area contributed by atoms with E-state index < -0.39 is 0 Å². The van der Waals surface area contributed by atoms with Gasteiger partial charge in [0.1, 0.15) is 5.82 Å². The number of carbonyl (C=O) groups is 1. The molecule has 0 spiro atoms. The zero-order chi connectivity index (χ0) is 17.6. The van der Waals surface area contributed by atoms with E-state index in [2.05, 4.69) is 26.8 Å². The second kappa shape index (κ2) is 5.88. The van der Waals surface area contributed by atoms with Gasteiger partial charge in [0, 0.05) is 36.8 Å². The number of fused-ring (bicyclic) bond motifs is 1. The van der Waals surface area contributed by atoms with E-state index in [1.165, 1.54) is 0 Å². The van der Waals surface area contributed by atoms with Crippen LogP contribution in [0.25, 0.3) is 22.2 Å². The molecule has 0 radical (unpaired) electrons. The van der Waals surface area contributed by atoms with Gasteiger partial charge in [-0.3, -0.25) is 4.79 Å². The number of aryl methyl sites for hydroxylation is 2. The van der Waals surface area contributed by atoms with Gasteiger partial charge < -0.3 is 14.6 Å². The van der Waals surface area contributed by atoms with Crippen LogP contribution in [-0.4, -0.2) is 27.6 Å². The molecule has 1 N–H and O–H groups in total. The number of ether oxygens (including phenoxy) is 1. The Morgan fingerprint density at radius 3 is 2.88 bits per heavy atom. The summed E-state index contributed by atoms with van der Waals surface area (Å²) in [5.41, 5.74) is 4.09. The van der Waals surface area contributed by atoms with Crippen molar-refractivity contribution in [3.05, 3.63) is 36.2 Å². The normalized spacial score (nSPS) is 13.9. The number of carbonyl (C=O) groups excluding carboxylic acids is 1. The summed E-state index contributed by atoms with van der Waals surface area (Å²) in [4.78, 5) is 20.7. The summed E-state index contributed by atoms with van der Waals surface area (Å²) in [6.45, 7) is 2.06. The van der Waals surface area contributed by atoms with Crippen molar-refractivity contribution in [3.8, 4) is 17.1 Å². The van der Waals surface area contributed by atoms with E-state index in [1.807, 2.05) is 31.4 Å². The van der Waals surface area contributed by atoms with Gasteiger partial charge in [0.05, 0.1) is 23.9 Å². The van der Waals surface area contributed by atoms with Gasteiger partial charge in [-0.05, 0) is 37.5 Å². The molecule has 0 unspecified atom stereocenters. The predicted molar refractivity (Wildman–Crippen MR) is 96.6 cm³/mol. The van der Waals surface area contributed by atoms with E-state index in [0.717, 1.165) is 40.6 Å². The summed E-state index contributed by atoms with van der Waals surface area (Å²) < 4.78 is 7.51. The smallest absolute Gasteiger partial charge is 0.228 e. The zero-order valence-electron chi connectivity index (χ0n) is 14.5. The fourth-order valence-electron chi connectivity index (χ4n) is 3.27. The highest BCUT2D eigenvalue weighted by atomic mass is 16.5. The fourth-order valence-corrected chi connectivity index (χ4v) is 3.27. The van der Waals surface area contributed by atoms with Gasteiger partial charge in [0.15, 0.2) is 0 Å². The average molecular weight is 336 g/mol. The van der Waals surface area contributed by atoms with Gasteiger partial charge in [-0.15, -0.1) is 0 Å². The highest BCUT2D eigenvalue weighted by molar-refractivity contribution is 5.97. The monoisotopic (exact) mass is 336 g/mol. The van der Waals surface area contributed by atoms with Crippen molar-refractivity contribution in [2.45, 2.75) is 19.8 Å². The minimum atomic E-state index is 0.0620. The SMILES string of the molecule is COc1ncccc1-c1c(C)c2cnc(NC(=O)C3CC3)cc2n1C. The number of pyridine rings is 2. The highest BCUT2D eigenvalue weighted by Crippen LogP contribution is 2.36.